The van der Waals surface area contributed by atoms with Crippen LogP contribution in [-0.4, -0.2) is 76.7 Å². The van der Waals surface area contributed by atoms with E-state index in [9.17, 15) is 9.59 Å². The van der Waals surface area contributed by atoms with Gasteiger partial charge >= 0.3 is 0 Å². The summed E-state index contributed by atoms with van der Waals surface area (Å²) in [5.41, 5.74) is 4.07. The molecule has 3 rings (SSSR count). The van der Waals surface area contributed by atoms with Crippen molar-refractivity contribution in [2.75, 3.05) is 44.8 Å². The zero-order valence-electron chi connectivity index (χ0n) is 17.4. The van der Waals surface area contributed by atoms with Crippen LogP contribution in [0, 0.1) is 0 Å². The molecule has 13 heteroatoms. The largest absolute Gasteiger partial charge is 0.374 e. The van der Waals surface area contributed by atoms with E-state index in [0.717, 1.165) is 29.6 Å². The Hall–Kier alpha value is -0.820. The number of nitrogens with one attached hydrogen (secondary N) is 3. The number of benzene rings is 1. The molecule has 32 heavy (non-hydrogen) atoms. The second kappa shape index (κ2) is 13.2. The van der Waals surface area contributed by atoms with Crippen molar-refractivity contribution in [2.45, 2.75) is 17.4 Å². The number of ether oxygens (including phenoxy) is 1. The molecule has 1 aromatic rings. The van der Waals surface area contributed by atoms with Crippen molar-refractivity contribution in [2.24, 2.45) is 5.10 Å². The minimum atomic E-state index is -0.0597. The molecule has 2 atom stereocenters. The number of hydrogen-bond acceptors (Lipinski definition) is 9. The second-order valence-corrected chi connectivity index (χ2v) is 11.5. The summed E-state index contributed by atoms with van der Waals surface area (Å²) in [5.74, 6) is 0.543. The topological polar surface area (TPSA) is 95.1 Å². The molecule has 8 nitrogen and oxygen atoms in total. The number of amides is 2. The van der Waals surface area contributed by atoms with Crippen LogP contribution in [0.15, 0.2) is 23.3 Å². The SMILES string of the molecule is CNC(=O)CSC1=NNC(SCC(=O)NC[C@H]2CN(Cc3ccc(Cl)c(Cl)c3)CCO2)S1. The van der Waals surface area contributed by atoms with Crippen LogP contribution < -0.4 is 16.1 Å². The molecule has 2 heterocycles. The van der Waals surface area contributed by atoms with Gasteiger partial charge in [-0.1, -0.05) is 52.8 Å². The molecule has 1 aromatic carbocycles. The smallest absolute Gasteiger partial charge is 0.230 e. The maximum absolute atomic E-state index is 12.3. The van der Waals surface area contributed by atoms with Crippen molar-refractivity contribution in [1.82, 2.24) is 21.0 Å². The van der Waals surface area contributed by atoms with Gasteiger partial charge in [-0.2, -0.15) is 5.10 Å². The molecular formula is C19H25Cl2N5O3S3. The Balaban J connectivity index is 1.31. The third-order valence-corrected chi connectivity index (χ3v) is 8.85. The first-order chi connectivity index (χ1) is 15.4. The number of nitrogens with zero attached hydrogens (tertiary/aromatic N) is 2. The van der Waals surface area contributed by atoms with Crippen LogP contribution in [0.5, 0.6) is 0 Å². The molecule has 2 aliphatic rings. The van der Waals surface area contributed by atoms with Crippen LogP contribution in [0.2, 0.25) is 10.0 Å². The van der Waals surface area contributed by atoms with Gasteiger partial charge < -0.3 is 15.4 Å². The van der Waals surface area contributed by atoms with Crippen molar-refractivity contribution < 1.29 is 14.3 Å². The lowest BCUT2D eigenvalue weighted by Gasteiger charge is -2.33. The molecule has 3 N–H and O–H groups in total. The average Bonchev–Trinajstić information content (AvgIpc) is 3.25. The van der Waals surface area contributed by atoms with Gasteiger partial charge in [-0.15, -0.1) is 11.8 Å². The van der Waals surface area contributed by atoms with E-state index in [0.29, 0.717) is 34.7 Å². The van der Waals surface area contributed by atoms with Crippen LogP contribution in [0.1, 0.15) is 5.56 Å². The lowest BCUT2D eigenvalue weighted by Crippen LogP contribution is -2.47. The fourth-order valence-corrected chi connectivity index (χ4v) is 6.39. The van der Waals surface area contributed by atoms with E-state index in [1.54, 1.807) is 13.1 Å². The molecule has 0 bridgehead atoms. The Morgan fingerprint density at radius 2 is 2.16 bits per heavy atom. The van der Waals surface area contributed by atoms with Crippen molar-refractivity contribution in [3.8, 4) is 0 Å². The summed E-state index contributed by atoms with van der Waals surface area (Å²) in [6, 6.07) is 5.66. The number of hydrazone groups is 1. The van der Waals surface area contributed by atoms with Gasteiger partial charge in [-0.3, -0.25) is 19.9 Å². The van der Waals surface area contributed by atoms with E-state index >= 15 is 0 Å². The number of morpholine rings is 1. The fourth-order valence-electron chi connectivity index (χ4n) is 2.96. The monoisotopic (exact) mass is 537 g/mol. The highest BCUT2D eigenvalue weighted by Crippen LogP contribution is 2.31. The van der Waals surface area contributed by atoms with Crippen LogP contribution in [-0.2, 0) is 20.9 Å². The van der Waals surface area contributed by atoms with Crippen LogP contribution >= 0.6 is 58.5 Å². The Bertz CT molecular complexity index is 848. The zero-order chi connectivity index (χ0) is 22.9. The summed E-state index contributed by atoms with van der Waals surface area (Å²) in [6.45, 7) is 3.39. The number of halogens is 2. The molecule has 0 aromatic heterocycles. The van der Waals surface area contributed by atoms with Crippen molar-refractivity contribution in [3.05, 3.63) is 33.8 Å². The van der Waals surface area contributed by atoms with E-state index < -0.39 is 0 Å². The Morgan fingerprint density at radius 1 is 1.31 bits per heavy atom. The van der Waals surface area contributed by atoms with Gasteiger partial charge in [0.05, 0.1) is 34.3 Å². The van der Waals surface area contributed by atoms with Gasteiger partial charge in [0.15, 0.2) is 4.38 Å². The maximum atomic E-state index is 12.3. The summed E-state index contributed by atoms with van der Waals surface area (Å²) in [6.07, 6.45) is -0.0597. The fraction of sp³-hybridized carbons (Fsp3) is 0.526. The van der Waals surface area contributed by atoms with Crippen LogP contribution in [0.25, 0.3) is 0 Å². The number of hydrogen-bond donors (Lipinski definition) is 3. The first-order valence-electron chi connectivity index (χ1n) is 9.92. The summed E-state index contributed by atoms with van der Waals surface area (Å²) in [7, 11) is 1.60. The molecule has 1 unspecified atom stereocenters. The van der Waals surface area contributed by atoms with Crippen molar-refractivity contribution >= 4 is 74.7 Å². The van der Waals surface area contributed by atoms with Gasteiger partial charge in [0.1, 0.15) is 4.71 Å². The van der Waals surface area contributed by atoms with Crippen molar-refractivity contribution in [1.29, 1.82) is 0 Å². The first kappa shape index (κ1) is 25.8. The van der Waals surface area contributed by atoms with E-state index in [1.165, 1.54) is 35.3 Å². The normalized spacial score (nSPS) is 21.0. The average molecular weight is 539 g/mol. The van der Waals surface area contributed by atoms with Gasteiger partial charge in [-0.05, 0) is 17.7 Å². The van der Waals surface area contributed by atoms with Crippen LogP contribution in [0.3, 0.4) is 0 Å². The first-order valence-corrected chi connectivity index (χ1v) is 13.6. The number of carbonyl (C=O) groups excluding carboxylic acids is 2. The lowest BCUT2D eigenvalue weighted by atomic mass is 10.2. The second-order valence-electron chi connectivity index (χ2n) is 7.01. The molecular weight excluding hydrogens is 513 g/mol. The molecule has 0 saturated carbocycles. The van der Waals surface area contributed by atoms with Crippen molar-refractivity contribution in [3.63, 3.8) is 0 Å². The minimum Gasteiger partial charge on any atom is -0.374 e. The van der Waals surface area contributed by atoms with Crippen LogP contribution in [0.4, 0.5) is 0 Å². The predicted molar refractivity (Wildman–Crippen MR) is 135 cm³/mol. The molecule has 1 fully saturated rings. The van der Waals surface area contributed by atoms with E-state index in [1.807, 2.05) is 12.1 Å². The molecule has 0 aliphatic carbocycles. The Kier molecular flexibility index (Phi) is 10.6. The quantitative estimate of drug-likeness (QED) is 0.442. The van der Waals surface area contributed by atoms with E-state index in [4.69, 9.17) is 27.9 Å². The molecule has 0 spiro atoms. The minimum absolute atomic E-state index is 0.0411. The van der Waals surface area contributed by atoms with Gasteiger partial charge in [0.2, 0.25) is 11.8 Å². The number of rotatable bonds is 9. The number of thioether (sulfide) groups is 3. The molecule has 2 amide bonds. The van der Waals surface area contributed by atoms with Gasteiger partial charge in [0.25, 0.3) is 0 Å². The Morgan fingerprint density at radius 3 is 2.94 bits per heavy atom. The third-order valence-electron chi connectivity index (χ3n) is 4.58. The van der Waals surface area contributed by atoms with E-state index in [-0.39, 0.29) is 22.6 Å². The maximum Gasteiger partial charge on any atom is 0.230 e. The molecule has 2 aliphatic heterocycles. The highest BCUT2D eigenvalue weighted by atomic mass is 35.5. The Labute approximate surface area is 210 Å². The van der Waals surface area contributed by atoms with Gasteiger partial charge in [0, 0.05) is 33.2 Å². The molecule has 176 valence electrons. The van der Waals surface area contributed by atoms with Gasteiger partial charge in [-0.25, -0.2) is 0 Å². The highest BCUT2D eigenvalue weighted by molar-refractivity contribution is 8.42. The summed E-state index contributed by atoms with van der Waals surface area (Å²) < 4.78 is 6.56. The summed E-state index contributed by atoms with van der Waals surface area (Å²) in [5, 5.41) is 10.8. The standard InChI is InChI=1S/C19H25Cl2N5O3S3/c1-22-16(27)10-30-18-24-25-19(32-18)31-11-17(28)23-7-13-9-26(4-5-29-13)8-12-2-3-14(20)15(21)6-12/h2-3,6,13,19,25H,4-5,7-11H2,1H3,(H,22,27)(H,23,28)/t13-,19?/m0/s1. The summed E-state index contributed by atoms with van der Waals surface area (Å²) in [4.78, 5) is 25.8. The molecule has 1 saturated heterocycles. The molecule has 0 radical (unpaired) electrons. The van der Waals surface area contributed by atoms with E-state index in [2.05, 4.69) is 26.1 Å². The number of carbonyl (C=O) groups is 2. The predicted octanol–water partition coefficient (Wildman–Crippen LogP) is 2.41. The lowest BCUT2D eigenvalue weighted by molar-refractivity contribution is -0.120. The zero-order valence-corrected chi connectivity index (χ0v) is 21.4. The third kappa shape index (κ3) is 8.51. The highest BCUT2D eigenvalue weighted by Gasteiger charge is 2.23. The summed E-state index contributed by atoms with van der Waals surface area (Å²) >= 11 is 16.4.